The lowest BCUT2D eigenvalue weighted by atomic mass is 9.82. The second-order valence-corrected chi connectivity index (χ2v) is 8.16. The molecule has 0 spiro atoms. The summed E-state index contributed by atoms with van der Waals surface area (Å²) in [5.41, 5.74) is 6.47. The Bertz CT molecular complexity index is 1180. The molecule has 33 heavy (non-hydrogen) atoms. The number of carbonyl (C=O) groups excluding carboxylic acids is 2. The number of aromatic nitrogens is 2. The zero-order chi connectivity index (χ0) is 23.7. The summed E-state index contributed by atoms with van der Waals surface area (Å²) in [6, 6.07) is 6.71. The number of carbonyl (C=O) groups is 2. The number of amides is 1. The summed E-state index contributed by atoms with van der Waals surface area (Å²) in [7, 11) is 1.52. The van der Waals surface area contributed by atoms with Crippen LogP contribution in [0.15, 0.2) is 34.1 Å². The average molecular weight is 453 g/mol. The maximum atomic E-state index is 12.8. The number of hydrazine groups is 1. The summed E-state index contributed by atoms with van der Waals surface area (Å²) in [6.07, 6.45) is 1.75. The van der Waals surface area contributed by atoms with Gasteiger partial charge in [0, 0.05) is 28.8 Å². The van der Waals surface area contributed by atoms with Crippen molar-refractivity contribution in [2.45, 2.75) is 45.6 Å². The van der Waals surface area contributed by atoms with Crippen molar-refractivity contribution in [3.63, 3.8) is 0 Å². The molecule has 0 bridgehead atoms. The molecule has 2 heterocycles. The second kappa shape index (κ2) is 9.05. The maximum absolute atomic E-state index is 12.8. The SMILES string of the molecule is CCOC(=O)C1C(C)=Nc2c(c(NNC(=O)c3cccc(OC)c3)nc(=O)n2C2CC2)C1C. The van der Waals surface area contributed by atoms with E-state index >= 15 is 0 Å². The third-order valence-corrected chi connectivity index (χ3v) is 5.90. The number of methoxy groups -OCH3 is 1. The lowest BCUT2D eigenvalue weighted by Crippen LogP contribution is -2.37. The standard InChI is InChI=1S/C23H27N5O5/c1-5-33-22(30)17-12(2)18-19(26-27-21(29)14-7-6-8-16(11-14)32-4)25-23(31)28(15-9-10-15)20(18)24-13(17)3/h6-8,11-12,15,17H,5,9-10H2,1-4H3,(H,27,29)(H,25,26,31). The van der Waals surface area contributed by atoms with Gasteiger partial charge in [-0.1, -0.05) is 13.0 Å². The quantitative estimate of drug-likeness (QED) is 0.488. The van der Waals surface area contributed by atoms with E-state index in [0.717, 1.165) is 12.8 Å². The molecule has 1 saturated carbocycles. The molecule has 0 saturated heterocycles. The second-order valence-electron chi connectivity index (χ2n) is 8.16. The molecule has 2 aliphatic rings. The summed E-state index contributed by atoms with van der Waals surface area (Å²) in [5.74, 6) is -0.610. The van der Waals surface area contributed by atoms with Gasteiger partial charge in [-0.3, -0.25) is 25.0 Å². The first-order valence-electron chi connectivity index (χ1n) is 10.9. The van der Waals surface area contributed by atoms with E-state index in [-0.39, 0.29) is 30.4 Å². The Morgan fingerprint density at radius 3 is 2.70 bits per heavy atom. The number of hydrogen-bond donors (Lipinski definition) is 2. The van der Waals surface area contributed by atoms with Crippen molar-refractivity contribution in [2.75, 3.05) is 19.1 Å². The Balaban J connectivity index is 1.70. The third-order valence-electron chi connectivity index (χ3n) is 5.90. The molecule has 2 N–H and O–H groups in total. The van der Waals surface area contributed by atoms with Crippen molar-refractivity contribution in [1.29, 1.82) is 0 Å². The minimum Gasteiger partial charge on any atom is -0.497 e. The van der Waals surface area contributed by atoms with E-state index in [2.05, 4.69) is 20.8 Å². The summed E-state index contributed by atoms with van der Waals surface area (Å²) in [4.78, 5) is 47.0. The van der Waals surface area contributed by atoms with Crippen LogP contribution in [0.4, 0.5) is 11.6 Å². The van der Waals surface area contributed by atoms with Crippen LogP contribution in [0.25, 0.3) is 0 Å². The molecule has 1 amide bonds. The molecular formula is C23H27N5O5. The van der Waals surface area contributed by atoms with Crippen LogP contribution in [-0.4, -0.2) is 40.9 Å². The fourth-order valence-corrected chi connectivity index (χ4v) is 4.15. The van der Waals surface area contributed by atoms with Crippen LogP contribution in [0, 0.1) is 5.92 Å². The number of rotatable bonds is 7. The van der Waals surface area contributed by atoms with Crippen LogP contribution in [0.5, 0.6) is 5.75 Å². The number of nitrogens with zero attached hydrogens (tertiary/aromatic N) is 3. The molecule has 174 valence electrons. The van der Waals surface area contributed by atoms with Crippen LogP contribution in [0.2, 0.25) is 0 Å². The highest BCUT2D eigenvalue weighted by Gasteiger charge is 2.40. The number of aliphatic imine (C=N–C) groups is 1. The van der Waals surface area contributed by atoms with Crippen LogP contribution in [0.1, 0.15) is 61.5 Å². The number of esters is 1. The number of fused-ring (bicyclic) bond motifs is 1. The van der Waals surface area contributed by atoms with Crippen LogP contribution in [-0.2, 0) is 9.53 Å². The monoisotopic (exact) mass is 453 g/mol. The van der Waals surface area contributed by atoms with E-state index < -0.39 is 17.5 Å². The van der Waals surface area contributed by atoms with E-state index in [9.17, 15) is 14.4 Å². The average Bonchev–Trinajstić information content (AvgIpc) is 3.62. The summed E-state index contributed by atoms with van der Waals surface area (Å²) in [6.45, 7) is 5.64. The van der Waals surface area contributed by atoms with Gasteiger partial charge in [-0.05, 0) is 44.9 Å². The minimum absolute atomic E-state index is 0.0436. The van der Waals surface area contributed by atoms with Crippen molar-refractivity contribution in [2.24, 2.45) is 10.9 Å². The van der Waals surface area contributed by atoms with Crippen LogP contribution >= 0.6 is 0 Å². The molecule has 4 rings (SSSR count). The van der Waals surface area contributed by atoms with E-state index in [4.69, 9.17) is 9.47 Å². The van der Waals surface area contributed by atoms with E-state index in [1.54, 1.807) is 42.7 Å². The van der Waals surface area contributed by atoms with Crippen molar-refractivity contribution < 1.29 is 19.1 Å². The Hall–Kier alpha value is -3.69. The normalized spacial score (nSPS) is 19.2. The fraction of sp³-hybridized carbons (Fsp3) is 0.435. The van der Waals surface area contributed by atoms with E-state index in [1.807, 2.05) is 6.92 Å². The molecule has 2 unspecified atom stereocenters. The fourth-order valence-electron chi connectivity index (χ4n) is 4.15. The van der Waals surface area contributed by atoms with Crippen molar-refractivity contribution in [3.05, 3.63) is 45.9 Å². The number of nitrogens with one attached hydrogen (secondary N) is 2. The third kappa shape index (κ3) is 4.33. The highest BCUT2D eigenvalue weighted by Crippen LogP contribution is 2.45. The van der Waals surface area contributed by atoms with Gasteiger partial charge in [0.15, 0.2) is 5.82 Å². The van der Waals surface area contributed by atoms with E-state index in [1.165, 1.54) is 7.11 Å². The molecule has 1 aliphatic heterocycles. The predicted molar refractivity (Wildman–Crippen MR) is 122 cm³/mol. The maximum Gasteiger partial charge on any atom is 0.351 e. The largest absolute Gasteiger partial charge is 0.497 e. The Labute approximate surface area is 191 Å². The zero-order valence-corrected chi connectivity index (χ0v) is 19.0. The van der Waals surface area contributed by atoms with E-state index in [0.29, 0.717) is 28.4 Å². The Kier molecular flexibility index (Phi) is 6.17. The molecule has 1 aromatic heterocycles. The lowest BCUT2D eigenvalue weighted by Gasteiger charge is -2.30. The highest BCUT2D eigenvalue weighted by atomic mass is 16.5. The van der Waals surface area contributed by atoms with Gasteiger partial charge in [0.2, 0.25) is 0 Å². The molecular weight excluding hydrogens is 426 g/mol. The Morgan fingerprint density at radius 1 is 1.27 bits per heavy atom. The van der Waals surface area contributed by atoms with Gasteiger partial charge in [0.05, 0.1) is 13.7 Å². The molecule has 10 nitrogen and oxygen atoms in total. The number of anilines is 1. The Morgan fingerprint density at radius 2 is 2.03 bits per heavy atom. The molecule has 0 radical (unpaired) electrons. The minimum atomic E-state index is -0.612. The summed E-state index contributed by atoms with van der Waals surface area (Å²) >= 11 is 0. The van der Waals surface area contributed by atoms with Crippen molar-refractivity contribution in [3.8, 4) is 5.75 Å². The van der Waals surface area contributed by atoms with Gasteiger partial charge in [-0.25, -0.2) is 9.79 Å². The summed E-state index contributed by atoms with van der Waals surface area (Å²) < 4.78 is 12.0. The number of ether oxygens (including phenoxy) is 2. The predicted octanol–water partition coefficient (Wildman–Crippen LogP) is 2.73. The van der Waals surface area contributed by atoms with Crippen LogP contribution in [0.3, 0.4) is 0 Å². The van der Waals surface area contributed by atoms with Gasteiger partial charge in [-0.2, -0.15) is 4.98 Å². The lowest BCUT2D eigenvalue weighted by molar-refractivity contribution is -0.146. The summed E-state index contributed by atoms with van der Waals surface area (Å²) in [5, 5.41) is 0. The van der Waals surface area contributed by atoms with Gasteiger partial charge >= 0.3 is 11.7 Å². The number of hydrogen-bond acceptors (Lipinski definition) is 8. The first-order chi connectivity index (χ1) is 15.8. The molecule has 1 aromatic carbocycles. The smallest absolute Gasteiger partial charge is 0.351 e. The molecule has 2 aromatic rings. The van der Waals surface area contributed by atoms with Crippen molar-refractivity contribution in [1.82, 2.24) is 15.0 Å². The molecule has 1 fully saturated rings. The first kappa shape index (κ1) is 22.5. The number of benzene rings is 1. The molecule has 2 atom stereocenters. The molecule has 10 heteroatoms. The highest BCUT2D eigenvalue weighted by molar-refractivity contribution is 6.04. The first-order valence-corrected chi connectivity index (χ1v) is 10.9. The van der Waals surface area contributed by atoms with Gasteiger partial charge < -0.3 is 9.47 Å². The van der Waals surface area contributed by atoms with Gasteiger partial charge in [-0.15, -0.1) is 0 Å². The topological polar surface area (TPSA) is 124 Å². The zero-order valence-electron chi connectivity index (χ0n) is 19.0. The van der Waals surface area contributed by atoms with Crippen LogP contribution < -0.4 is 21.3 Å². The van der Waals surface area contributed by atoms with Crippen molar-refractivity contribution >= 4 is 29.2 Å². The van der Waals surface area contributed by atoms with Gasteiger partial charge in [0.1, 0.15) is 17.5 Å². The van der Waals surface area contributed by atoms with Gasteiger partial charge in [0.25, 0.3) is 5.91 Å². The molecule has 1 aliphatic carbocycles.